The summed E-state index contributed by atoms with van der Waals surface area (Å²) in [6.07, 6.45) is 7.64. The van der Waals surface area contributed by atoms with Gasteiger partial charge in [-0.15, -0.1) is 11.8 Å². The average Bonchev–Trinajstić information content (AvgIpc) is 2.59. The van der Waals surface area contributed by atoms with Gasteiger partial charge in [0.2, 0.25) is 11.8 Å². The van der Waals surface area contributed by atoms with Crippen LogP contribution in [0.4, 0.5) is 0 Å². The van der Waals surface area contributed by atoms with Crippen LogP contribution in [-0.4, -0.2) is 17.6 Å². The zero-order valence-electron chi connectivity index (χ0n) is 13.4. The van der Waals surface area contributed by atoms with Gasteiger partial charge in [0, 0.05) is 16.3 Å². The van der Waals surface area contributed by atoms with Crippen LogP contribution in [-0.2, 0) is 9.59 Å². The zero-order chi connectivity index (χ0) is 17.4. The summed E-state index contributed by atoms with van der Waals surface area (Å²) >= 11 is 13.2. The second-order valence-corrected chi connectivity index (χ2v) is 7.86. The van der Waals surface area contributed by atoms with Crippen LogP contribution in [0.15, 0.2) is 23.1 Å². The first-order valence-electron chi connectivity index (χ1n) is 8.20. The van der Waals surface area contributed by atoms with E-state index in [1.807, 2.05) is 0 Å². The molecule has 1 aliphatic carbocycles. The third-order valence-corrected chi connectivity index (χ3v) is 5.83. The molecule has 7 heteroatoms. The van der Waals surface area contributed by atoms with E-state index >= 15 is 0 Å². The van der Waals surface area contributed by atoms with E-state index in [-0.39, 0.29) is 17.6 Å². The highest BCUT2D eigenvalue weighted by molar-refractivity contribution is 8.00. The summed E-state index contributed by atoms with van der Waals surface area (Å²) < 4.78 is 0. The molecule has 0 atom stereocenters. The maximum absolute atomic E-state index is 11.8. The Morgan fingerprint density at radius 3 is 2.54 bits per heavy atom. The normalized spacial score (nSPS) is 15.1. The summed E-state index contributed by atoms with van der Waals surface area (Å²) in [5, 5.41) is 1.12. The molecule has 2 N–H and O–H groups in total. The van der Waals surface area contributed by atoms with Crippen LogP contribution in [0.3, 0.4) is 0 Å². The molecule has 1 aromatic rings. The number of hydrazine groups is 1. The molecule has 1 saturated carbocycles. The Balaban J connectivity index is 1.63. The molecule has 1 aliphatic rings. The number of halogens is 2. The molecule has 132 valence electrons. The van der Waals surface area contributed by atoms with E-state index in [9.17, 15) is 9.59 Å². The number of carbonyl (C=O) groups excluding carboxylic acids is 2. The summed E-state index contributed by atoms with van der Waals surface area (Å²) in [5.41, 5.74) is 4.91. The van der Waals surface area contributed by atoms with Gasteiger partial charge in [0.25, 0.3) is 0 Å². The fourth-order valence-electron chi connectivity index (χ4n) is 2.78. The number of carbonyl (C=O) groups is 2. The molecule has 0 unspecified atom stereocenters. The Labute approximate surface area is 157 Å². The average molecular weight is 389 g/mol. The molecule has 1 aromatic carbocycles. The van der Waals surface area contributed by atoms with Gasteiger partial charge in [-0.2, -0.15) is 0 Å². The minimum Gasteiger partial charge on any atom is -0.273 e. The lowest BCUT2D eigenvalue weighted by Crippen LogP contribution is -2.42. The molecule has 0 aromatic heterocycles. The van der Waals surface area contributed by atoms with Gasteiger partial charge in [-0.05, 0) is 30.5 Å². The number of hydrogen-bond donors (Lipinski definition) is 2. The van der Waals surface area contributed by atoms with E-state index in [0.717, 1.165) is 11.3 Å². The summed E-state index contributed by atoms with van der Waals surface area (Å²) in [7, 11) is 0. The fourth-order valence-corrected chi connectivity index (χ4v) is 4.07. The number of amides is 2. The van der Waals surface area contributed by atoms with E-state index in [1.54, 1.807) is 18.2 Å². The molecule has 0 spiro atoms. The molecule has 2 rings (SSSR count). The van der Waals surface area contributed by atoms with Crippen molar-refractivity contribution < 1.29 is 9.59 Å². The summed E-state index contributed by atoms with van der Waals surface area (Å²) in [6, 6.07) is 5.10. The first-order valence-corrected chi connectivity index (χ1v) is 9.94. The molecular formula is C17H22Cl2N2O2S. The molecule has 1 fully saturated rings. The maximum atomic E-state index is 11.8. The Kier molecular flexibility index (Phi) is 8.22. The standard InChI is InChI=1S/C17H22Cl2N2O2S/c18-13-7-8-14(19)15(10-13)24-11-17(23)21-20-16(22)9-6-12-4-2-1-3-5-12/h7-8,10,12H,1-6,9,11H2,(H,20,22)(H,21,23). The quantitative estimate of drug-likeness (QED) is 0.553. The molecule has 24 heavy (non-hydrogen) atoms. The highest BCUT2D eigenvalue weighted by Gasteiger charge is 2.15. The van der Waals surface area contributed by atoms with E-state index in [0.29, 0.717) is 22.4 Å². The zero-order valence-corrected chi connectivity index (χ0v) is 15.8. The lowest BCUT2D eigenvalue weighted by molar-refractivity contribution is -0.127. The van der Waals surface area contributed by atoms with Crippen molar-refractivity contribution in [2.45, 2.75) is 49.8 Å². The van der Waals surface area contributed by atoms with Gasteiger partial charge in [0.1, 0.15) is 0 Å². The van der Waals surface area contributed by atoms with Crippen LogP contribution in [0.2, 0.25) is 10.0 Å². The fraction of sp³-hybridized carbons (Fsp3) is 0.529. The van der Waals surface area contributed by atoms with Crippen molar-refractivity contribution in [1.29, 1.82) is 0 Å². The summed E-state index contributed by atoms with van der Waals surface area (Å²) in [5.74, 6) is 0.394. The van der Waals surface area contributed by atoms with Crippen molar-refractivity contribution in [1.82, 2.24) is 10.9 Å². The summed E-state index contributed by atoms with van der Waals surface area (Å²) in [6.45, 7) is 0. The van der Waals surface area contributed by atoms with Crippen molar-refractivity contribution in [3.05, 3.63) is 28.2 Å². The van der Waals surface area contributed by atoms with Crippen LogP contribution in [0.25, 0.3) is 0 Å². The lowest BCUT2D eigenvalue weighted by atomic mass is 9.86. The van der Waals surface area contributed by atoms with Gasteiger partial charge in [-0.1, -0.05) is 55.3 Å². The molecule has 2 amide bonds. The van der Waals surface area contributed by atoms with Gasteiger partial charge in [-0.25, -0.2) is 0 Å². The van der Waals surface area contributed by atoms with E-state index in [4.69, 9.17) is 23.2 Å². The monoisotopic (exact) mass is 388 g/mol. The van der Waals surface area contributed by atoms with Crippen LogP contribution in [0.5, 0.6) is 0 Å². The number of thioether (sulfide) groups is 1. The van der Waals surface area contributed by atoms with Gasteiger partial charge in [0.15, 0.2) is 0 Å². The highest BCUT2D eigenvalue weighted by Crippen LogP contribution is 2.29. The van der Waals surface area contributed by atoms with Crippen molar-refractivity contribution in [2.75, 3.05) is 5.75 Å². The largest absolute Gasteiger partial charge is 0.273 e. The van der Waals surface area contributed by atoms with Crippen molar-refractivity contribution in [2.24, 2.45) is 5.92 Å². The van der Waals surface area contributed by atoms with E-state index < -0.39 is 0 Å². The second kappa shape index (κ2) is 10.2. The molecule has 0 radical (unpaired) electrons. The Hall–Kier alpha value is -0.910. The lowest BCUT2D eigenvalue weighted by Gasteiger charge is -2.20. The SMILES string of the molecule is O=C(CCC1CCCCC1)NNC(=O)CSc1cc(Cl)ccc1Cl. The predicted molar refractivity (Wildman–Crippen MR) is 99.3 cm³/mol. The van der Waals surface area contributed by atoms with E-state index in [2.05, 4.69) is 10.9 Å². The van der Waals surface area contributed by atoms with Crippen molar-refractivity contribution >= 4 is 46.8 Å². The third kappa shape index (κ3) is 6.91. The molecular weight excluding hydrogens is 367 g/mol. The summed E-state index contributed by atoms with van der Waals surface area (Å²) in [4.78, 5) is 24.3. The van der Waals surface area contributed by atoms with Crippen LogP contribution >= 0.6 is 35.0 Å². The molecule has 0 bridgehead atoms. The van der Waals surface area contributed by atoms with E-state index in [1.165, 1.54) is 43.9 Å². The Morgan fingerprint density at radius 2 is 1.79 bits per heavy atom. The first-order chi connectivity index (χ1) is 11.5. The van der Waals surface area contributed by atoms with Gasteiger partial charge < -0.3 is 0 Å². The van der Waals surface area contributed by atoms with Crippen LogP contribution < -0.4 is 10.9 Å². The molecule has 4 nitrogen and oxygen atoms in total. The number of hydrogen-bond acceptors (Lipinski definition) is 3. The number of nitrogens with one attached hydrogen (secondary N) is 2. The van der Waals surface area contributed by atoms with Crippen molar-refractivity contribution in [3.63, 3.8) is 0 Å². The van der Waals surface area contributed by atoms with Gasteiger partial charge >= 0.3 is 0 Å². The number of rotatable bonds is 6. The highest BCUT2D eigenvalue weighted by atomic mass is 35.5. The molecule has 0 heterocycles. The van der Waals surface area contributed by atoms with Gasteiger partial charge in [0.05, 0.1) is 10.8 Å². The Morgan fingerprint density at radius 1 is 1.08 bits per heavy atom. The molecule has 0 saturated heterocycles. The third-order valence-electron chi connectivity index (χ3n) is 4.10. The first kappa shape index (κ1) is 19.4. The molecule has 0 aliphatic heterocycles. The topological polar surface area (TPSA) is 58.2 Å². The van der Waals surface area contributed by atoms with Crippen molar-refractivity contribution in [3.8, 4) is 0 Å². The number of benzene rings is 1. The second-order valence-electron chi connectivity index (χ2n) is 6.00. The van der Waals surface area contributed by atoms with Gasteiger partial charge in [-0.3, -0.25) is 20.4 Å². The minimum atomic E-state index is -0.276. The smallest absolute Gasteiger partial charge is 0.248 e. The maximum Gasteiger partial charge on any atom is 0.248 e. The predicted octanol–water partition coefficient (Wildman–Crippen LogP) is 4.59. The Bertz CT molecular complexity index is 578. The van der Waals surface area contributed by atoms with Crippen LogP contribution in [0, 0.1) is 5.92 Å². The minimum absolute atomic E-state index is 0.139. The van der Waals surface area contributed by atoms with Crippen LogP contribution in [0.1, 0.15) is 44.9 Å².